The van der Waals surface area contributed by atoms with Gasteiger partial charge in [0.15, 0.2) is 0 Å². The normalized spacial score (nSPS) is 19.7. The fourth-order valence-corrected chi connectivity index (χ4v) is 3.70. The lowest BCUT2D eigenvalue weighted by atomic mass is 9.85. The molecule has 0 radical (unpaired) electrons. The third kappa shape index (κ3) is 6.12. The number of aromatic nitrogens is 3. The fraction of sp³-hybridized carbons (Fsp3) is 0.500. The molecule has 0 amide bonds. The standard InChI is InChI=1S/C20H23ClF3N5/c1-28(2)12-14-4-7-17(8-5-14)27-18-9-19(21)25-11-16(18)6-3-15-10-26-29(13-15)20(22,23)24/h9-11,13-14,17H,4-5,7-8,12H2,1-2H3,(H,25,27). The maximum Gasteiger partial charge on any atom is 0.504 e. The van der Waals surface area contributed by atoms with E-state index < -0.39 is 6.30 Å². The van der Waals surface area contributed by atoms with Crippen LogP contribution in [0.15, 0.2) is 24.7 Å². The predicted molar refractivity (Wildman–Crippen MR) is 107 cm³/mol. The second kappa shape index (κ2) is 9.06. The molecule has 1 aliphatic rings. The molecular weight excluding hydrogens is 403 g/mol. The molecule has 0 bridgehead atoms. The molecule has 1 fully saturated rings. The first kappa shape index (κ1) is 21.5. The third-order valence-electron chi connectivity index (χ3n) is 4.88. The van der Waals surface area contributed by atoms with Crippen molar-refractivity contribution in [2.75, 3.05) is 26.0 Å². The zero-order chi connectivity index (χ0) is 21.0. The second-order valence-electron chi connectivity index (χ2n) is 7.57. The summed E-state index contributed by atoms with van der Waals surface area (Å²) in [5, 5.41) is 7.12. The maximum atomic E-state index is 12.6. The van der Waals surface area contributed by atoms with Crippen LogP contribution in [-0.4, -0.2) is 46.3 Å². The fourth-order valence-electron chi connectivity index (χ4n) is 3.54. The molecule has 3 rings (SSSR count). The van der Waals surface area contributed by atoms with E-state index in [0.29, 0.717) is 22.7 Å². The third-order valence-corrected chi connectivity index (χ3v) is 5.09. The van der Waals surface area contributed by atoms with E-state index in [1.54, 1.807) is 6.07 Å². The minimum absolute atomic E-state index is 0.0670. The Morgan fingerprint density at radius 3 is 2.55 bits per heavy atom. The minimum Gasteiger partial charge on any atom is -0.381 e. The monoisotopic (exact) mass is 425 g/mol. The molecule has 0 aromatic carbocycles. The Kier molecular flexibility index (Phi) is 6.70. The van der Waals surface area contributed by atoms with Crippen molar-refractivity contribution in [2.45, 2.75) is 38.0 Å². The number of hydrogen-bond acceptors (Lipinski definition) is 4. The van der Waals surface area contributed by atoms with Gasteiger partial charge in [0.1, 0.15) is 5.15 Å². The summed E-state index contributed by atoms with van der Waals surface area (Å²) in [6, 6.07) is 2.01. The van der Waals surface area contributed by atoms with Crippen LogP contribution < -0.4 is 5.32 Å². The van der Waals surface area contributed by atoms with Crippen LogP contribution in [0.3, 0.4) is 0 Å². The lowest BCUT2D eigenvalue weighted by Crippen LogP contribution is -2.31. The van der Waals surface area contributed by atoms with Gasteiger partial charge in [0.2, 0.25) is 0 Å². The zero-order valence-electron chi connectivity index (χ0n) is 16.3. The Labute approximate surface area is 173 Å². The van der Waals surface area contributed by atoms with Crippen LogP contribution in [-0.2, 0) is 6.30 Å². The first-order chi connectivity index (χ1) is 13.7. The van der Waals surface area contributed by atoms with E-state index in [4.69, 9.17) is 11.6 Å². The second-order valence-corrected chi connectivity index (χ2v) is 7.96. The molecule has 1 N–H and O–H groups in total. The van der Waals surface area contributed by atoms with Crippen molar-refractivity contribution >= 4 is 17.3 Å². The number of hydrogen-bond donors (Lipinski definition) is 1. The van der Waals surface area contributed by atoms with Gasteiger partial charge < -0.3 is 10.2 Å². The topological polar surface area (TPSA) is 46.0 Å². The van der Waals surface area contributed by atoms with Crippen LogP contribution >= 0.6 is 11.6 Å². The van der Waals surface area contributed by atoms with E-state index in [9.17, 15) is 13.2 Å². The van der Waals surface area contributed by atoms with Crippen LogP contribution in [0.25, 0.3) is 0 Å². The summed E-state index contributed by atoms with van der Waals surface area (Å²) in [5.74, 6) is 6.30. The van der Waals surface area contributed by atoms with Gasteiger partial charge in [-0.05, 0) is 51.8 Å². The van der Waals surface area contributed by atoms with Crippen LogP contribution in [0, 0.1) is 17.8 Å². The Balaban J connectivity index is 1.70. The SMILES string of the molecule is CN(C)CC1CCC(Nc2cc(Cl)ncc2C#Cc2cnn(C(F)(F)F)c2)CC1. The van der Waals surface area contributed by atoms with Crippen LogP contribution in [0.2, 0.25) is 5.15 Å². The smallest absolute Gasteiger partial charge is 0.381 e. The molecular formula is C20H23ClF3N5. The molecule has 1 aliphatic carbocycles. The van der Waals surface area contributed by atoms with E-state index in [1.165, 1.54) is 6.20 Å². The first-order valence-corrected chi connectivity index (χ1v) is 9.79. The number of nitrogens with zero attached hydrogens (tertiary/aromatic N) is 4. The lowest BCUT2D eigenvalue weighted by Gasteiger charge is -2.31. The number of nitrogens with one attached hydrogen (secondary N) is 1. The molecule has 1 saturated carbocycles. The molecule has 0 aliphatic heterocycles. The summed E-state index contributed by atoms with van der Waals surface area (Å²) >= 11 is 6.04. The van der Waals surface area contributed by atoms with Crippen molar-refractivity contribution in [3.63, 3.8) is 0 Å². The van der Waals surface area contributed by atoms with E-state index in [-0.39, 0.29) is 10.2 Å². The molecule has 0 atom stereocenters. The van der Waals surface area contributed by atoms with Crippen LogP contribution in [0.5, 0.6) is 0 Å². The number of anilines is 1. The van der Waals surface area contributed by atoms with E-state index >= 15 is 0 Å². The lowest BCUT2D eigenvalue weighted by molar-refractivity contribution is -0.212. The Morgan fingerprint density at radius 1 is 1.21 bits per heavy atom. The maximum absolute atomic E-state index is 12.6. The van der Waals surface area contributed by atoms with E-state index in [0.717, 1.165) is 50.3 Å². The van der Waals surface area contributed by atoms with Crippen molar-refractivity contribution in [3.8, 4) is 11.8 Å². The predicted octanol–water partition coefficient (Wildman–Crippen LogP) is 4.34. The highest BCUT2D eigenvalue weighted by Gasteiger charge is 2.31. The molecule has 0 saturated heterocycles. The van der Waals surface area contributed by atoms with Gasteiger partial charge in [0.05, 0.1) is 23.0 Å². The van der Waals surface area contributed by atoms with Crippen LogP contribution in [0.4, 0.5) is 18.9 Å². The quantitative estimate of drug-likeness (QED) is 0.584. The van der Waals surface area contributed by atoms with E-state index in [1.807, 2.05) is 0 Å². The number of halogens is 4. The summed E-state index contributed by atoms with van der Waals surface area (Å²) in [6.07, 6.45) is 3.30. The molecule has 9 heteroatoms. The van der Waals surface area contributed by atoms with Gasteiger partial charge in [-0.2, -0.15) is 9.78 Å². The highest BCUT2D eigenvalue weighted by atomic mass is 35.5. The van der Waals surface area contributed by atoms with Crippen molar-refractivity contribution in [2.24, 2.45) is 5.92 Å². The number of rotatable bonds is 4. The molecule has 156 valence electrons. The average Bonchev–Trinajstić information content (AvgIpc) is 3.12. The zero-order valence-corrected chi connectivity index (χ0v) is 17.1. The highest BCUT2D eigenvalue weighted by molar-refractivity contribution is 6.29. The Morgan fingerprint density at radius 2 is 1.93 bits per heavy atom. The number of alkyl halides is 3. The molecule has 2 aromatic heterocycles. The summed E-state index contributed by atoms with van der Waals surface area (Å²) in [4.78, 5) is 6.27. The van der Waals surface area contributed by atoms with Gasteiger partial charge in [-0.1, -0.05) is 23.4 Å². The van der Waals surface area contributed by atoms with Crippen molar-refractivity contribution in [3.05, 3.63) is 40.9 Å². The molecule has 0 spiro atoms. The molecule has 5 nitrogen and oxygen atoms in total. The summed E-state index contributed by atoms with van der Waals surface area (Å²) in [6.45, 7) is 1.09. The van der Waals surface area contributed by atoms with Gasteiger partial charge >= 0.3 is 6.30 Å². The summed E-state index contributed by atoms with van der Waals surface area (Å²) < 4.78 is 37.9. The van der Waals surface area contributed by atoms with Gasteiger partial charge in [0.25, 0.3) is 0 Å². The molecule has 2 aromatic rings. The van der Waals surface area contributed by atoms with Crippen molar-refractivity contribution < 1.29 is 13.2 Å². The van der Waals surface area contributed by atoms with E-state index in [2.05, 4.69) is 46.2 Å². The molecule has 0 unspecified atom stereocenters. The average molecular weight is 426 g/mol. The summed E-state index contributed by atoms with van der Waals surface area (Å²) in [7, 11) is 4.18. The Hall–Kier alpha value is -2.24. The summed E-state index contributed by atoms with van der Waals surface area (Å²) in [5.41, 5.74) is 1.51. The van der Waals surface area contributed by atoms with Crippen molar-refractivity contribution in [1.29, 1.82) is 0 Å². The van der Waals surface area contributed by atoms with Crippen molar-refractivity contribution in [1.82, 2.24) is 19.7 Å². The molecule has 29 heavy (non-hydrogen) atoms. The highest BCUT2D eigenvalue weighted by Crippen LogP contribution is 2.28. The van der Waals surface area contributed by atoms with Gasteiger partial charge in [-0.15, -0.1) is 13.2 Å². The molecule has 2 heterocycles. The minimum atomic E-state index is -4.56. The number of pyridine rings is 1. The van der Waals surface area contributed by atoms with Gasteiger partial charge in [-0.3, -0.25) is 0 Å². The van der Waals surface area contributed by atoms with Crippen LogP contribution in [0.1, 0.15) is 36.8 Å². The van der Waals surface area contributed by atoms with Gasteiger partial charge in [-0.25, -0.2) is 4.98 Å². The Bertz CT molecular complexity index is 889. The van der Waals surface area contributed by atoms with Gasteiger partial charge in [0, 0.05) is 25.0 Å². The first-order valence-electron chi connectivity index (χ1n) is 9.41. The largest absolute Gasteiger partial charge is 0.504 e.